The molecule has 1 aliphatic heterocycles. The number of carbonyl (C=O) groups excluding carboxylic acids is 1. The van der Waals surface area contributed by atoms with Crippen molar-refractivity contribution >= 4 is 23.3 Å². The zero-order chi connectivity index (χ0) is 18.6. The molecule has 3 heterocycles. The first-order valence-electron chi connectivity index (χ1n) is 8.89. The summed E-state index contributed by atoms with van der Waals surface area (Å²) in [4.78, 5) is 22.8. The molecule has 0 bridgehead atoms. The number of likely N-dealkylation sites (tertiary alicyclic amines) is 1. The third-order valence-corrected chi connectivity index (χ3v) is 4.70. The minimum absolute atomic E-state index is 0.0649. The van der Waals surface area contributed by atoms with Gasteiger partial charge in [0.25, 0.3) is 5.91 Å². The zero-order valence-electron chi connectivity index (χ0n) is 14.7. The van der Waals surface area contributed by atoms with Crippen LogP contribution in [0.25, 0.3) is 11.3 Å². The van der Waals surface area contributed by atoms with Crippen LogP contribution in [0.3, 0.4) is 0 Å². The van der Waals surface area contributed by atoms with E-state index in [1.165, 1.54) is 6.20 Å². The van der Waals surface area contributed by atoms with Crippen LogP contribution < -0.4 is 5.32 Å². The summed E-state index contributed by atoms with van der Waals surface area (Å²) < 4.78 is 5.86. The van der Waals surface area contributed by atoms with Crippen LogP contribution in [0.1, 0.15) is 29.1 Å². The Morgan fingerprint density at radius 2 is 2.04 bits per heavy atom. The Bertz CT molecular complexity index is 950. The van der Waals surface area contributed by atoms with E-state index in [1.54, 1.807) is 6.20 Å². The fourth-order valence-corrected chi connectivity index (χ4v) is 3.27. The molecule has 3 aromatic rings. The van der Waals surface area contributed by atoms with Crippen LogP contribution in [-0.2, 0) is 6.54 Å². The highest BCUT2D eigenvalue weighted by molar-refractivity contribution is 6.30. The van der Waals surface area contributed by atoms with E-state index >= 15 is 0 Å². The Morgan fingerprint density at radius 1 is 1.19 bits per heavy atom. The van der Waals surface area contributed by atoms with Crippen LogP contribution in [0.2, 0.25) is 5.02 Å². The number of hydrogen-bond donors (Lipinski definition) is 1. The van der Waals surface area contributed by atoms with E-state index in [1.807, 2.05) is 41.3 Å². The number of nitrogens with one attached hydrogen (secondary N) is 1. The van der Waals surface area contributed by atoms with Crippen molar-refractivity contribution < 1.29 is 9.21 Å². The number of amides is 1. The summed E-state index contributed by atoms with van der Waals surface area (Å²) in [7, 11) is 0. The second-order valence-electron chi connectivity index (χ2n) is 6.42. The van der Waals surface area contributed by atoms with Gasteiger partial charge in [-0.3, -0.25) is 9.78 Å². The highest BCUT2D eigenvalue weighted by Gasteiger charge is 2.21. The maximum Gasteiger partial charge on any atom is 0.274 e. The molecule has 0 spiro atoms. The highest BCUT2D eigenvalue weighted by atomic mass is 35.5. The molecular formula is C20H19ClN4O2. The van der Waals surface area contributed by atoms with Crippen molar-refractivity contribution in [1.82, 2.24) is 14.9 Å². The highest BCUT2D eigenvalue weighted by Crippen LogP contribution is 2.25. The molecule has 0 aliphatic carbocycles. The van der Waals surface area contributed by atoms with Gasteiger partial charge in [-0.1, -0.05) is 23.7 Å². The van der Waals surface area contributed by atoms with Crippen LogP contribution in [0.4, 0.5) is 5.82 Å². The van der Waals surface area contributed by atoms with Gasteiger partial charge in [0, 0.05) is 23.7 Å². The smallest absolute Gasteiger partial charge is 0.274 e. The number of benzene rings is 1. The van der Waals surface area contributed by atoms with E-state index in [0.717, 1.165) is 43.0 Å². The van der Waals surface area contributed by atoms with Gasteiger partial charge in [-0.25, -0.2) is 4.98 Å². The molecule has 7 heteroatoms. The van der Waals surface area contributed by atoms with Gasteiger partial charge in [0.15, 0.2) is 0 Å². The normalized spacial score (nSPS) is 13.7. The fraction of sp³-hybridized carbons (Fsp3) is 0.250. The third-order valence-electron chi connectivity index (χ3n) is 4.46. The van der Waals surface area contributed by atoms with E-state index in [4.69, 9.17) is 16.0 Å². The van der Waals surface area contributed by atoms with Crippen molar-refractivity contribution in [3.63, 3.8) is 0 Å². The van der Waals surface area contributed by atoms with Gasteiger partial charge in [0.05, 0.1) is 18.9 Å². The second-order valence-corrected chi connectivity index (χ2v) is 6.86. The fourth-order valence-electron chi connectivity index (χ4n) is 3.08. The summed E-state index contributed by atoms with van der Waals surface area (Å²) in [6.45, 7) is 2.02. The van der Waals surface area contributed by atoms with Crippen LogP contribution >= 0.6 is 11.6 Å². The zero-order valence-corrected chi connectivity index (χ0v) is 15.4. The predicted octanol–water partition coefficient (Wildman–Crippen LogP) is 4.24. The van der Waals surface area contributed by atoms with E-state index in [9.17, 15) is 4.79 Å². The third kappa shape index (κ3) is 4.11. The van der Waals surface area contributed by atoms with Crippen molar-refractivity contribution in [2.24, 2.45) is 0 Å². The molecule has 1 aromatic carbocycles. The van der Waals surface area contributed by atoms with E-state index in [2.05, 4.69) is 15.3 Å². The lowest BCUT2D eigenvalue weighted by atomic mass is 10.2. The second kappa shape index (κ2) is 7.80. The number of hydrogen-bond acceptors (Lipinski definition) is 5. The number of nitrogens with zero attached hydrogens (tertiary/aromatic N) is 3. The maximum atomic E-state index is 12.4. The average molecular weight is 383 g/mol. The van der Waals surface area contributed by atoms with Gasteiger partial charge in [0.2, 0.25) is 0 Å². The summed E-state index contributed by atoms with van der Waals surface area (Å²) in [6, 6.07) is 11.3. The number of anilines is 1. The molecule has 1 saturated heterocycles. The number of aromatic nitrogens is 2. The van der Waals surface area contributed by atoms with Crippen LogP contribution in [0, 0.1) is 0 Å². The first kappa shape index (κ1) is 17.5. The van der Waals surface area contributed by atoms with Crippen LogP contribution in [-0.4, -0.2) is 33.9 Å². The molecule has 27 heavy (non-hydrogen) atoms. The lowest BCUT2D eigenvalue weighted by molar-refractivity contribution is 0.0786. The number of furan rings is 1. The number of rotatable bonds is 5. The Kier molecular flexibility index (Phi) is 5.07. The topological polar surface area (TPSA) is 71.3 Å². The SMILES string of the molecule is O=C(c1cncc(NCc2ccc(-c3cccc(Cl)c3)o2)n1)N1CCCC1. The molecule has 1 N–H and O–H groups in total. The van der Waals surface area contributed by atoms with Gasteiger partial charge < -0.3 is 14.6 Å². The van der Waals surface area contributed by atoms with Gasteiger partial charge >= 0.3 is 0 Å². The Labute approximate surface area is 162 Å². The molecule has 0 unspecified atom stereocenters. The minimum Gasteiger partial charge on any atom is -0.459 e. The standard InChI is InChI=1S/C20H19ClN4O2/c21-15-5-3-4-14(10-15)18-7-6-16(27-18)11-23-19-13-22-12-17(24-19)20(26)25-8-1-2-9-25/h3-7,10,12-13H,1-2,8-9,11H2,(H,23,24). The summed E-state index contributed by atoms with van der Waals surface area (Å²) >= 11 is 6.03. The molecule has 0 radical (unpaired) electrons. The van der Waals surface area contributed by atoms with Gasteiger partial charge in [-0.15, -0.1) is 0 Å². The largest absolute Gasteiger partial charge is 0.459 e. The summed E-state index contributed by atoms with van der Waals surface area (Å²) in [5.41, 5.74) is 1.28. The predicted molar refractivity (Wildman–Crippen MR) is 104 cm³/mol. The van der Waals surface area contributed by atoms with E-state index in [-0.39, 0.29) is 5.91 Å². The van der Waals surface area contributed by atoms with Crippen LogP contribution in [0.15, 0.2) is 53.2 Å². The first-order chi connectivity index (χ1) is 13.2. The van der Waals surface area contributed by atoms with Gasteiger partial charge in [-0.2, -0.15) is 0 Å². The first-order valence-corrected chi connectivity index (χ1v) is 9.27. The number of halogens is 1. The molecule has 6 nitrogen and oxygen atoms in total. The molecule has 0 saturated carbocycles. The van der Waals surface area contributed by atoms with Crippen molar-refractivity contribution in [2.45, 2.75) is 19.4 Å². The molecule has 1 amide bonds. The summed E-state index contributed by atoms with van der Waals surface area (Å²) in [5, 5.41) is 3.82. The molecule has 138 valence electrons. The van der Waals surface area contributed by atoms with Crippen LogP contribution in [0.5, 0.6) is 0 Å². The molecular weight excluding hydrogens is 364 g/mol. The molecule has 1 fully saturated rings. The Morgan fingerprint density at radius 3 is 2.85 bits per heavy atom. The number of carbonyl (C=O) groups is 1. The average Bonchev–Trinajstić information content (AvgIpc) is 3.38. The van der Waals surface area contributed by atoms with Gasteiger partial charge in [-0.05, 0) is 37.1 Å². The lowest BCUT2D eigenvalue weighted by Gasteiger charge is -2.14. The monoisotopic (exact) mass is 382 g/mol. The van der Waals surface area contributed by atoms with Crippen molar-refractivity contribution in [3.8, 4) is 11.3 Å². The Hall–Kier alpha value is -2.86. The summed E-state index contributed by atoms with van der Waals surface area (Å²) in [6.07, 6.45) is 5.20. The molecule has 0 atom stereocenters. The van der Waals surface area contributed by atoms with Crippen molar-refractivity contribution in [2.75, 3.05) is 18.4 Å². The lowest BCUT2D eigenvalue weighted by Crippen LogP contribution is -2.28. The minimum atomic E-state index is -0.0649. The Balaban J connectivity index is 1.42. The molecule has 1 aliphatic rings. The summed E-state index contributed by atoms with van der Waals surface area (Å²) in [5.74, 6) is 1.98. The van der Waals surface area contributed by atoms with Crippen molar-refractivity contribution in [3.05, 3.63) is 65.3 Å². The van der Waals surface area contributed by atoms with E-state index in [0.29, 0.717) is 23.1 Å². The molecule has 4 rings (SSSR count). The van der Waals surface area contributed by atoms with Crippen molar-refractivity contribution in [1.29, 1.82) is 0 Å². The molecule has 2 aromatic heterocycles. The van der Waals surface area contributed by atoms with Gasteiger partial charge in [0.1, 0.15) is 23.0 Å². The van der Waals surface area contributed by atoms with E-state index < -0.39 is 0 Å². The quantitative estimate of drug-likeness (QED) is 0.714. The maximum absolute atomic E-state index is 12.4.